The van der Waals surface area contributed by atoms with Gasteiger partial charge in [0.15, 0.2) is 0 Å². The van der Waals surface area contributed by atoms with E-state index in [9.17, 15) is 4.39 Å². The molecule has 0 aromatic heterocycles. The molecule has 1 aliphatic rings. The maximum absolute atomic E-state index is 13.0. The highest BCUT2D eigenvalue weighted by molar-refractivity contribution is 6.30. The van der Waals surface area contributed by atoms with Gasteiger partial charge in [-0.1, -0.05) is 11.6 Å². The summed E-state index contributed by atoms with van der Waals surface area (Å²) in [5.74, 6) is 0.200. The highest BCUT2D eigenvalue weighted by Crippen LogP contribution is 2.19. The Balaban J connectivity index is 1.88. The van der Waals surface area contributed by atoms with Gasteiger partial charge < -0.3 is 10.1 Å². The lowest BCUT2D eigenvalue weighted by Gasteiger charge is -2.22. The fourth-order valence-corrected chi connectivity index (χ4v) is 2.11. The average Bonchev–Trinajstić information content (AvgIpc) is 2.27. The van der Waals surface area contributed by atoms with Crippen molar-refractivity contribution in [3.63, 3.8) is 0 Å². The molecule has 1 heterocycles. The zero-order valence-electron chi connectivity index (χ0n) is 9.01. The fourth-order valence-electron chi connectivity index (χ4n) is 1.89. The largest absolute Gasteiger partial charge is 0.385 e. The van der Waals surface area contributed by atoms with Crippen LogP contribution in [0.5, 0.6) is 0 Å². The molecule has 1 atom stereocenters. The van der Waals surface area contributed by atoms with E-state index in [0.29, 0.717) is 10.9 Å². The SMILES string of the molecule is Fc1cc(Cl)cc(NCC2CCCOC2)c1. The number of nitrogens with one attached hydrogen (secondary N) is 1. The van der Waals surface area contributed by atoms with E-state index in [1.807, 2.05) is 0 Å². The summed E-state index contributed by atoms with van der Waals surface area (Å²) in [5.41, 5.74) is 0.732. The van der Waals surface area contributed by atoms with Gasteiger partial charge in [-0.3, -0.25) is 0 Å². The molecule has 0 aliphatic carbocycles. The van der Waals surface area contributed by atoms with Crippen LogP contribution in [-0.4, -0.2) is 19.8 Å². The molecular formula is C12H15ClFNO. The van der Waals surface area contributed by atoms with Crippen LogP contribution in [0, 0.1) is 11.7 Å². The van der Waals surface area contributed by atoms with E-state index in [2.05, 4.69) is 5.32 Å². The maximum Gasteiger partial charge on any atom is 0.126 e. The van der Waals surface area contributed by atoms with E-state index in [-0.39, 0.29) is 5.82 Å². The van der Waals surface area contributed by atoms with Crippen molar-refractivity contribution in [2.24, 2.45) is 5.92 Å². The van der Waals surface area contributed by atoms with E-state index < -0.39 is 0 Å². The summed E-state index contributed by atoms with van der Waals surface area (Å²) >= 11 is 5.77. The zero-order chi connectivity index (χ0) is 11.4. The van der Waals surface area contributed by atoms with Crippen LogP contribution >= 0.6 is 11.6 Å². The van der Waals surface area contributed by atoms with Gasteiger partial charge in [-0.2, -0.15) is 0 Å². The number of rotatable bonds is 3. The fraction of sp³-hybridized carbons (Fsp3) is 0.500. The third-order valence-electron chi connectivity index (χ3n) is 2.71. The van der Waals surface area contributed by atoms with Crippen molar-refractivity contribution in [2.45, 2.75) is 12.8 Å². The Labute approximate surface area is 99.7 Å². The number of ether oxygens (including phenoxy) is 1. The van der Waals surface area contributed by atoms with Gasteiger partial charge in [0, 0.05) is 23.9 Å². The Morgan fingerprint density at radius 3 is 3.00 bits per heavy atom. The molecule has 1 aromatic carbocycles. The lowest BCUT2D eigenvalue weighted by Crippen LogP contribution is -2.24. The summed E-state index contributed by atoms with van der Waals surface area (Å²) in [6.07, 6.45) is 2.27. The lowest BCUT2D eigenvalue weighted by atomic mass is 10.0. The van der Waals surface area contributed by atoms with Crippen molar-refractivity contribution in [2.75, 3.05) is 25.1 Å². The van der Waals surface area contributed by atoms with Gasteiger partial charge in [-0.15, -0.1) is 0 Å². The summed E-state index contributed by atoms with van der Waals surface area (Å²) in [4.78, 5) is 0. The Morgan fingerprint density at radius 1 is 1.44 bits per heavy atom. The van der Waals surface area contributed by atoms with E-state index >= 15 is 0 Å². The van der Waals surface area contributed by atoms with E-state index in [4.69, 9.17) is 16.3 Å². The van der Waals surface area contributed by atoms with Crippen molar-refractivity contribution >= 4 is 17.3 Å². The number of benzene rings is 1. The summed E-state index contributed by atoms with van der Waals surface area (Å²) < 4.78 is 18.4. The highest BCUT2D eigenvalue weighted by atomic mass is 35.5. The minimum Gasteiger partial charge on any atom is -0.385 e. The molecule has 0 saturated carbocycles. The minimum atomic E-state index is -0.310. The monoisotopic (exact) mass is 243 g/mol. The molecule has 4 heteroatoms. The van der Waals surface area contributed by atoms with E-state index in [1.54, 1.807) is 6.07 Å². The second kappa shape index (κ2) is 5.51. The Morgan fingerprint density at radius 2 is 2.31 bits per heavy atom. The molecule has 2 rings (SSSR count). The topological polar surface area (TPSA) is 21.3 Å². The molecule has 1 saturated heterocycles. The Kier molecular flexibility index (Phi) is 4.02. The molecule has 1 N–H and O–H groups in total. The van der Waals surface area contributed by atoms with Crippen molar-refractivity contribution < 1.29 is 9.13 Å². The van der Waals surface area contributed by atoms with Crippen LogP contribution in [0.3, 0.4) is 0 Å². The van der Waals surface area contributed by atoms with Gasteiger partial charge in [0.25, 0.3) is 0 Å². The first-order valence-corrected chi connectivity index (χ1v) is 5.89. The van der Waals surface area contributed by atoms with Crippen LogP contribution in [0.25, 0.3) is 0 Å². The minimum absolute atomic E-state index is 0.310. The van der Waals surface area contributed by atoms with E-state index in [1.165, 1.54) is 12.1 Å². The molecule has 1 aromatic rings. The average molecular weight is 244 g/mol. The van der Waals surface area contributed by atoms with Crippen LogP contribution < -0.4 is 5.32 Å². The number of hydrogen-bond acceptors (Lipinski definition) is 2. The van der Waals surface area contributed by atoms with Gasteiger partial charge in [0.05, 0.1) is 6.61 Å². The summed E-state index contributed by atoms with van der Waals surface area (Å²) in [7, 11) is 0. The van der Waals surface area contributed by atoms with Gasteiger partial charge >= 0.3 is 0 Å². The number of halogens is 2. The van der Waals surface area contributed by atoms with Crippen LogP contribution in [0.1, 0.15) is 12.8 Å². The first-order chi connectivity index (χ1) is 7.74. The number of hydrogen-bond donors (Lipinski definition) is 1. The predicted octanol–water partition coefficient (Wildman–Crippen LogP) is 3.32. The summed E-state index contributed by atoms with van der Waals surface area (Å²) in [6.45, 7) is 2.46. The van der Waals surface area contributed by atoms with Gasteiger partial charge in [0.2, 0.25) is 0 Å². The molecule has 2 nitrogen and oxygen atoms in total. The molecule has 0 radical (unpaired) electrons. The quantitative estimate of drug-likeness (QED) is 0.880. The Bertz CT molecular complexity index is 333. The van der Waals surface area contributed by atoms with Crippen LogP contribution in [0.4, 0.5) is 10.1 Å². The standard InChI is InChI=1S/C12H15ClFNO/c13-10-4-11(14)6-12(5-10)15-7-9-2-1-3-16-8-9/h4-6,9,15H,1-3,7-8H2. The first kappa shape index (κ1) is 11.7. The normalized spacial score (nSPS) is 20.8. The maximum atomic E-state index is 13.0. The molecule has 16 heavy (non-hydrogen) atoms. The molecule has 1 fully saturated rings. The van der Waals surface area contributed by atoms with Crippen LogP contribution in [0.15, 0.2) is 18.2 Å². The Hall–Kier alpha value is -0.800. The van der Waals surface area contributed by atoms with Crippen molar-refractivity contribution in [1.29, 1.82) is 0 Å². The van der Waals surface area contributed by atoms with Crippen LogP contribution in [-0.2, 0) is 4.74 Å². The van der Waals surface area contributed by atoms with Crippen molar-refractivity contribution in [3.05, 3.63) is 29.0 Å². The first-order valence-electron chi connectivity index (χ1n) is 5.52. The van der Waals surface area contributed by atoms with Gasteiger partial charge in [0.1, 0.15) is 5.82 Å². The molecule has 1 aliphatic heterocycles. The molecule has 0 amide bonds. The van der Waals surface area contributed by atoms with Crippen molar-refractivity contribution in [3.8, 4) is 0 Å². The van der Waals surface area contributed by atoms with E-state index in [0.717, 1.165) is 38.3 Å². The van der Waals surface area contributed by atoms with Gasteiger partial charge in [-0.25, -0.2) is 4.39 Å². The molecule has 0 spiro atoms. The molecule has 1 unspecified atom stereocenters. The summed E-state index contributed by atoms with van der Waals surface area (Å²) in [6, 6.07) is 4.49. The highest BCUT2D eigenvalue weighted by Gasteiger charge is 2.13. The zero-order valence-corrected chi connectivity index (χ0v) is 9.77. The second-order valence-electron chi connectivity index (χ2n) is 4.12. The van der Waals surface area contributed by atoms with Crippen molar-refractivity contribution in [1.82, 2.24) is 0 Å². The second-order valence-corrected chi connectivity index (χ2v) is 4.56. The third-order valence-corrected chi connectivity index (χ3v) is 2.93. The molecule has 0 bridgehead atoms. The lowest BCUT2D eigenvalue weighted by molar-refractivity contribution is 0.0595. The predicted molar refractivity (Wildman–Crippen MR) is 63.4 cm³/mol. The van der Waals surface area contributed by atoms with Crippen LogP contribution in [0.2, 0.25) is 5.02 Å². The third kappa shape index (κ3) is 3.35. The number of anilines is 1. The smallest absolute Gasteiger partial charge is 0.126 e. The van der Waals surface area contributed by atoms with Gasteiger partial charge in [-0.05, 0) is 37.0 Å². The summed E-state index contributed by atoms with van der Waals surface area (Å²) in [5, 5.41) is 3.61. The molecule has 88 valence electrons. The molecular weight excluding hydrogens is 229 g/mol.